The fourth-order valence-corrected chi connectivity index (χ4v) is 3.57. The summed E-state index contributed by atoms with van der Waals surface area (Å²) in [4.78, 5) is 4.37. The molecule has 0 radical (unpaired) electrons. The van der Waals surface area contributed by atoms with Crippen LogP contribution in [0, 0.1) is 5.41 Å². The molecule has 1 aromatic rings. The third kappa shape index (κ3) is 7.03. The van der Waals surface area contributed by atoms with Gasteiger partial charge in [0.25, 0.3) is 0 Å². The summed E-state index contributed by atoms with van der Waals surface area (Å²) in [6.45, 7) is 4.27. The van der Waals surface area contributed by atoms with Gasteiger partial charge in [0.2, 0.25) is 0 Å². The Morgan fingerprint density at radius 3 is 2.52 bits per heavy atom. The van der Waals surface area contributed by atoms with Gasteiger partial charge in [-0.3, -0.25) is 4.99 Å². The van der Waals surface area contributed by atoms with Gasteiger partial charge in [-0.1, -0.05) is 12.8 Å². The number of halogens is 1. The summed E-state index contributed by atoms with van der Waals surface area (Å²) in [6.07, 6.45) is 6.18. The van der Waals surface area contributed by atoms with Gasteiger partial charge in [-0.25, -0.2) is 0 Å². The number of nitrogens with zero attached hydrogens (tertiary/aromatic N) is 1. The molecule has 2 rings (SSSR count). The van der Waals surface area contributed by atoms with Crippen LogP contribution in [0.15, 0.2) is 23.2 Å². The molecule has 2 N–H and O–H groups in total. The van der Waals surface area contributed by atoms with Crippen LogP contribution >= 0.6 is 24.0 Å². The lowest BCUT2D eigenvalue weighted by molar-refractivity contribution is 0.138. The molecule has 0 spiro atoms. The van der Waals surface area contributed by atoms with Gasteiger partial charge in [0, 0.05) is 39.1 Å². The summed E-state index contributed by atoms with van der Waals surface area (Å²) in [5, 5.41) is 6.85. The van der Waals surface area contributed by atoms with Gasteiger partial charge in [-0.2, -0.15) is 0 Å². The van der Waals surface area contributed by atoms with Crippen LogP contribution in [0.1, 0.15) is 39.0 Å². The van der Waals surface area contributed by atoms with Crippen molar-refractivity contribution in [2.75, 3.05) is 46.3 Å². The van der Waals surface area contributed by atoms with Crippen LogP contribution in [0.2, 0.25) is 0 Å². The first-order valence-electron chi connectivity index (χ1n) is 9.44. The van der Waals surface area contributed by atoms with Gasteiger partial charge >= 0.3 is 0 Å². The molecule has 0 unspecified atom stereocenters. The Kier molecular flexibility index (Phi) is 10.8. The van der Waals surface area contributed by atoms with E-state index in [-0.39, 0.29) is 24.0 Å². The molecule has 1 fully saturated rings. The Balaban J connectivity index is 0.00000364. The second-order valence-electron chi connectivity index (χ2n) is 6.80. The SMILES string of the molecule is CCOc1cc(NC(=NC)NCC2(CCOC)CCCC2)ccc1OC.I. The van der Waals surface area contributed by atoms with E-state index in [1.165, 1.54) is 25.7 Å². The summed E-state index contributed by atoms with van der Waals surface area (Å²) in [5.41, 5.74) is 1.23. The minimum absolute atomic E-state index is 0. The van der Waals surface area contributed by atoms with E-state index >= 15 is 0 Å². The minimum Gasteiger partial charge on any atom is -0.493 e. The van der Waals surface area contributed by atoms with Gasteiger partial charge in [0.1, 0.15) is 0 Å². The van der Waals surface area contributed by atoms with Gasteiger partial charge in [-0.05, 0) is 43.7 Å². The van der Waals surface area contributed by atoms with Gasteiger partial charge in [0.05, 0.1) is 13.7 Å². The van der Waals surface area contributed by atoms with Crippen LogP contribution in [-0.2, 0) is 4.74 Å². The Bertz CT molecular complexity index is 590. The highest BCUT2D eigenvalue weighted by Crippen LogP contribution is 2.40. The number of guanidine groups is 1. The van der Waals surface area contributed by atoms with E-state index in [1.807, 2.05) is 25.1 Å². The number of ether oxygens (including phenoxy) is 3. The van der Waals surface area contributed by atoms with Crippen molar-refractivity contribution in [1.82, 2.24) is 5.32 Å². The first-order chi connectivity index (χ1) is 12.7. The largest absolute Gasteiger partial charge is 0.493 e. The van der Waals surface area contributed by atoms with Crippen molar-refractivity contribution in [1.29, 1.82) is 0 Å². The monoisotopic (exact) mass is 491 g/mol. The standard InChI is InChI=1S/C20H33N3O3.HI/c1-5-26-18-14-16(8-9-17(18)25-4)23-19(21-2)22-15-20(12-13-24-3)10-6-7-11-20;/h8-9,14H,5-7,10-13,15H2,1-4H3,(H2,21,22,23);1H. The third-order valence-corrected chi connectivity index (χ3v) is 5.08. The maximum atomic E-state index is 5.65. The summed E-state index contributed by atoms with van der Waals surface area (Å²) < 4.78 is 16.3. The highest BCUT2D eigenvalue weighted by atomic mass is 127. The molecule has 0 saturated heterocycles. The normalized spacial score (nSPS) is 15.8. The fourth-order valence-electron chi connectivity index (χ4n) is 3.57. The average molecular weight is 491 g/mol. The number of aliphatic imine (C=N–C) groups is 1. The molecule has 0 heterocycles. The topological polar surface area (TPSA) is 64.1 Å². The van der Waals surface area contributed by atoms with Crippen molar-refractivity contribution < 1.29 is 14.2 Å². The molecule has 6 nitrogen and oxygen atoms in total. The van der Waals surface area contributed by atoms with E-state index in [9.17, 15) is 0 Å². The Morgan fingerprint density at radius 2 is 1.93 bits per heavy atom. The maximum Gasteiger partial charge on any atom is 0.195 e. The van der Waals surface area contributed by atoms with Crippen LogP contribution in [0.5, 0.6) is 11.5 Å². The summed E-state index contributed by atoms with van der Waals surface area (Å²) in [5.74, 6) is 2.22. The Labute approximate surface area is 180 Å². The molecule has 27 heavy (non-hydrogen) atoms. The summed E-state index contributed by atoms with van der Waals surface area (Å²) >= 11 is 0. The molecule has 7 heteroatoms. The molecule has 0 bridgehead atoms. The molecule has 0 aliphatic heterocycles. The molecular weight excluding hydrogens is 457 g/mol. The van der Waals surface area contributed by atoms with Crippen molar-refractivity contribution in [3.63, 3.8) is 0 Å². The van der Waals surface area contributed by atoms with Crippen molar-refractivity contribution in [2.45, 2.75) is 39.0 Å². The molecular formula is C20H34IN3O3. The van der Waals surface area contributed by atoms with Crippen molar-refractivity contribution >= 4 is 35.6 Å². The molecule has 1 aliphatic carbocycles. The average Bonchev–Trinajstić information content (AvgIpc) is 3.13. The van der Waals surface area contributed by atoms with E-state index in [4.69, 9.17) is 14.2 Å². The third-order valence-electron chi connectivity index (χ3n) is 5.08. The lowest BCUT2D eigenvalue weighted by atomic mass is 9.83. The number of anilines is 1. The van der Waals surface area contributed by atoms with Crippen LogP contribution in [0.4, 0.5) is 5.69 Å². The number of methoxy groups -OCH3 is 2. The predicted octanol–water partition coefficient (Wildman–Crippen LogP) is 4.30. The highest BCUT2D eigenvalue weighted by molar-refractivity contribution is 14.0. The highest BCUT2D eigenvalue weighted by Gasteiger charge is 2.33. The minimum atomic E-state index is 0. The zero-order chi connectivity index (χ0) is 18.8. The van der Waals surface area contributed by atoms with Crippen molar-refractivity contribution in [3.05, 3.63) is 18.2 Å². The van der Waals surface area contributed by atoms with Gasteiger partial charge < -0.3 is 24.8 Å². The maximum absolute atomic E-state index is 5.65. The fraction of sp³-hybridized carbons (Fsp3) is 0.650. The molecule has 0 atom stereocenters. The van der Waals surface area contributed by atoms with E-state index in [2.05, 4.69) is 15.6 Å². The molecule has 1 aliphatic rings. The predicted molar refractivity (Wildman–Crippen MR) is 122 cm³/mol. The van der Waals surface area contributed by atoms with Gasteiger partial charge in [-0.15, -0.1) is 24.0 Å². The van der Waals surface area contributed by atoms with E-state index in [0.29, 0.717) is 12.0 Å². The molecule has 154 valence electrons. The zero-order valence-electron chi connectivity index (χ0n) is 17.0. The second-order valence-corrected chi connectivity index (χ2v) is 6.80. The molecule has 0 amide bonds. The number of rotatable bonds is 9. The molecule has 1 saturated carbocycles. The zero-order valence-corrected chi connectivity index (χ0v) is 19.3. The van der Waals surface area contributed by atoms with Crippen molar-refractivity contribution in [3.8, 4) is 11.5 Å². The molecule has 1 aromatic carbocycles. The quantitative estimate of drug-likeness (QED) is 0.307. The lowest BCUT2D eigenvalue weighted by Crippen LogP contribution is -2.40. The second kappa shape index (κ2) is 12.3. The Morgan fingerprint density at radius 1 is 1.19 bits per heavy atom. The Hall–Kier alpha value is -1.22. The first kappa shape index (κ1) is 23.8. The van der Waals surface area contributed by atoms with Crippen molar-refractivity contribution in [2.24, 2.45) is 10.4 Å². The van der Waals surface area contributed by atoms with E-state index in [1.54, 1.807) is 21.3 Å². The lowest BCUT2D eigenvalue weighted by Gasteiger charge is -2.30. The van der Waals surface area contributed by atoms with Crippen LogP contribution in [0.25, 0.3) is 0 Å². The number of benzene rings is 1. The number of hydrogen-bond acceptors (Lipinski definition) is 4. The summed E-state index contributed by atoms with van der Waals surface area (Å²) in [6, 6.07) is 5.80. The van der Waals surface area contributed by atoms with E-state index < -0.39 is 0 Å². The van der Waals surface area contributed by atoms with Crippen LogP contribution in [-0.4, -0.2) is 47.0 Å². The smallest absolute Gasteiger partial charge is 0.195 e. The van der Waals surface area contributed by atoms with Gasteiger partial charge in [0.15, 0.2) is 17.5 Å². The molecule has 0 aromatic heterocycles. The number of nitrogens with one attached hydrogen (secondary N) is 2. The van der Waals surface area contributed by atoms with Crippen LogP contribution in [0.3, 0.4) is 0 Å². The van der Waals surface area contributed by atoms with Crippen LogP contribution < -0.4 is 20.1 Å². The first-order valence-corrected chi connectivity index (χ1v) is 9.44. The van der Waals surface area contributed by atoms with E-state index in [0.717, 1.165) is 42.7 Å². The number of hydrogen-bond donors (Lipinski definition) is 2. The summed E-state index contributed by atoms with van der Waals surface area (Å²) in [7, 11) is 5.21.